The molecule has 0 aromatic heterocycles. The molecule has 0 bridgehead atoms. The minimum atomic E-state index is -0.322. The number of amides is 1. The van der Waals surface area contributed by atoms with E-state index in [9.17, 15) is 4.79 Å². The zero-order valence-corrected chi connectivity index (χ0v) is 11.2. The molecule has 0 saturated carbocycles. The smallest absolute Gasteiger partial charge is 0.240 e. The Balaban J connectivity index is 2.52. The van der Waals surface area contributed by atoms with Crippen molar-refractivity contribution in [3.8, 4) is 0 Å². The molecule has 0 radical (unpaired) electrons. The van der Waals surface area contributed by atoms with Crippen LogP contribution in [0.25, 0.3) is 0 Å². The number of nitrogens with zero attached hydrogens (tertiary/aromatic N) is 1. The van der Waals surface area contributed by atoms with Crippen molar-refractivity contribution >= 4 is 22.8 Å². The minimum Gasteiger partial charge on any atom is -0.368 e. The molecular formula is C11H21N3OS. The Kier molecular flexibility index (Phi) is 4.65. The average molecular weight is 243 g/mol. The second kappa shape index (κ2) is 5.57. The SMILES string of the molecule is CC(C)C1CN=C(NC(C(N)=O)C(C)C)S1. The van der Waals surface area contributed by atoms with Gasteiger partial charge in [0.1, 0.15) is 6.04 Å². The molecule has 1 aliphatic rings. The third kappa shape index (κ3) is 3.40. The first-order chi connectivity index (χ1) is 7.41. The lowest BCUT2D eigenvalue weighted by Gasteiger charge is -2.20. The van der Waals surface area contributed by atoms with Gasteiger partial charge in [0.2, 0.25) is 5.91 Å². The van der Waals surface area contributed by atoms with E-state index in [4.69, 9.17) is 5.73 Å². The van der Waals surface area contributed by atoms with Crippen molar-refractivity contribution in [2.45, 2.75) is 39.0 Å². The van der Waals surface area contributed by atoms with Crippen LogP contribution in [-0.2, 0) is 4.79 Å². The van der Waals surface area contributed by atoms with Crippen LogP contribution in [0.1, 0.15) is 27.7 Å². The summed E-state index contributed by atoms with van der Waals surface area (Å²) >= 11 is 1.71. The largest absolute Gasteiger partial charge is 0.368 e. The number of hydrogen-bond donors (Lipinski definition) is 2. The van der Waals surface area contributed by atoms with Gasteiger partial charge in [-0.05, 0) is 11.8 Å². The van der Waals surface area contributed by atoms with Crippen molar-refractivity contribution in [1.82, 2.24) is 5.32 Å². The summed E-state index contributed by atoms with van der Waals surface area (Å²) in [5.74, 6) is 0.462. The maximum Gasteiger partial charge on any atom is 0.240 e. The number of carbonyl (C=O) groups is 1. The predicted octanol–water partition coefficient (Wildman–Crippen LogP) is 1.21. The molecule has 1 amide bonds. The number of primary amides is 1. The van der Waals surface area contributed by atoms with Gasteiger partial charge in [-0.25, -0.2) is 0 Å². The first-order valence-electron chi connectivity index (χ1n) is 5.68. The maximum absolute atomic E-state index is 11.2. The Labute approximate surface area is 101 Å². The Hall–Kier alpha value is -0.710. The van der Waals surface area contributed by atoms with Crippen molar-refractivity contribution in [3.05, 3.63) is 0 Å². The standard InChI is InChI=1S/C11H21N3OS/c1-6(2)8-5-13-11(16-8)14-9(7(3)4)10(12)15/h6-9H,5H2,1-4H3,(H2,12,15)(H,13,14). The first kappa shape index (κ1) is 13.4. The lowest BCUT2D eigenvalue weighted by atomic mass is 10.0. The van der Waals surface area contributed by atoms with E-state index in [1.165, 1.54) is 0 Å². The molecule has 2 atom stereocenters. The summed E-state index contributed by atoms with van der Waals surface area (Å²) < 4.78 is 0. The van der Waals surface area contributed by atoms with Crippen LogP contribution in [-0.4, -0.2) is 28.9 Å². The second-order valence-corrected chi connectivity index (χ2v) is 6.04. The molecule has 0 saturated heterocycles. The Morgan fingerprint density at radius 3 is 2.50 bits per heavy atom. The van der Waals surface area contributed by atoms with E-state index in [2.05, 4.69) is 24.2 Å². The van der Waals surface area contributed by atoms with Crippen LogP contribution in [0.4, 0.5) is 0 Å². The van der Waals surface area contributed by atoms with Gasteiger partial charge in [0.05, 0.1) is 6.54 Å². The monoisotopic (exact) mass is 243 g/mol. The zero-order valence-electron chi connectivity index (χ0n) is 10.4. The van der Waals surface area contributed by atoms with Crippen LogP contribution in [0.2, 0.25) is 0 Å². The highest BCUT2D eigenvalue weighted by Crippen LogP contribution is 2.26. The molecule has 0 aromatic carbocycles. The van der Waals surface area contributed by atoms with Gasteiger partial charge in [0, 0.05) is 5.25 Å². The summed E-state index contributed by atoms with van der Waals surface area (Å²) in [6.45, 7) is 9.15. The number of thioether (sulfide) groups is 1. The van der Waals surface area contributed by atoms with Gasteiger partial charge in [-0.3, -0.25) is 9.79 Å². The Morgan fingerprint density at radius 2 is 2.12 bits per heavy atom. The molecule has 2 unspecified atom stereocenters. The number of carbonyl (C=O) groups excluding carboxylic acids is 1. The van der Waals surface area contributed by atoms with Crippen molar-refractivity contribution in [1.29, 1.82) is 0 Å². The van der Waals surface area contributed by atoms with Crippen molar-refractivity contribution in [3.63, 3.8) is 0 Å². The molecule has 0 fully saturated rings. The van der Waals surface area contributed by atoms with Crippen LogP contribution in [0.5, 0.6) is 0 Å². The fourth-order valence-corrected chi connectivity index (χ4v) is 2.57. The van der Waals surface area contributed by atoms with Gasteiger partial charge in [-0.15, -0.1) is 0 Å². The highest BCUT2D eigenvalue weighted by molar-refractivity contribution is 8.14. The summed E-state index contributed by atoms with van der Waals surface area (Å²) in [7, 11) is 0. The van der Waals surface area contributed by atoms with E-state index in [1.807, 2.05) is 13.8 Å². The summed E-state index contributed by atoms with van der Waals surface area (Å²) in [4.78, 5) is 15.6. The molecule has 1 heterocycles. The number of amidine groups is 1. The molecule has 1 aliphatic heterocycles. The van der Waals surface area contributed by atoms with Gasteiger partial charge >= 0.3 is 0 Å². The molecule has 5 heteroatoms. The lowest BCUT2D eigenvalue weighted by molar-refractivity contribution is -0.120. The first-order valence-corrected chi connectivity index (χ1v) is 6.56. The van der Waals surface area contributed by atoms with E-state index in [0.717, 1.165) is 11.7 Å². The van der Waals surface area contributed by atoms with E-state index in [-0.39, 0.29) is 17.9 Å². The van der Waals surface area contributed by atoms with Crippen molar-refractivity contribution in [2.24, 2.45) is 22.6 Å². The average Bonchev–Trinajstić information content (AvgIpc) is 2.61. The lowest BCUT2D eigenvalue weighted by Crippen LogP contribution is -2.46. The van der Waals surface area contributed by atoms with Crippen molar-refractivity contribution < 1.29 is 4.79 Å². The minimum absolute atomic E-state index is 0.180. The molecule has 0 aromatic rings. The molecule has 4 nitrogen and oxygen atoms in total. The molecule has 3 N–H and O–H groups in total. The van der Waals surface area contributed by atoms with Gasteiger partial charge in [-0.1, -0.05) is 39.5 Å². The Bertz CT molecular complexity index is 289. The fourth-order valence-electron chi connectivity index (χ4n) is 1.52. The quantitative estimate of drug-likeness (QED) is 0.780. The van der Waals surface area contributed by atoms with E-state index in [0.29, 0.717) is 11.2 Å². The number of rotatable bonds is 4. The normalized spacial score (nSPS) is 22.4. The molecule has 1 rings (SSSR count). The third-order valence-corrected chi connectivity index (χ3v) is 4.14. The number of aliphatic imine (C=N–C) groups is 1. The maximum atomic E-state index is 11.2. The van der Waals surface area contributed by atoms with Crippen LogP contribution in [0.3, 0.4) is 0 Å². The number of hydrogen-bond acceptors (Lipinski definition) is 4. The summed E-state index contributed by atoms with van der Waals surface area (Å²) in [6.07, 6.45) is 0. The Morgan fingerprint density at radius 1 is 1.50 bits per heavy atom. The summed E-state index contributed by atoms with van der Waals surface area (Å²) in [5.41, 5.74) is 5.34. The van der Waals surface area contributed by atoms with Gasteiger partial charge in [0.25, 0.3) is 0 Å². The highest BCUT2D eigenvalue weighted by Gasteiger charge is 2.27. The van der Waals surface area contributed by atoms with Crippen LogP contribution in [0, 0.1) is 11.8 Å². The molecule has 0 aliphatic carbocycles. The predicted molar refractivity (Wildman–Crippen MR) is 69.5 cm³/mol. The fraction of sp³-hybridized carbons (Fsp3) is 0.818. The zero-order chi connectivity index (χ0) is 12.3. The van der Waals surface area contributed by atoms with Crippen LogP contribution < -0.4 is 11.1 Å². The van der Waals surface area contributed by atoms with E-state index < -0.39 is 0 Å². The van der Waals surface area contributed by atoms with Crippen LogP contribution >= 0.6 is 11.8 Å². The second-order valence-electron chi connectivity index (χ2n) is 4.81. The van der Waals surface area contributed by atoms with Gasteiger partial charge < -0.3 is 11.1 Å². The summed E-state index contributed by atoms with van der Waals surface area (Å²) in [5, 5.41) is 4.51. The van der Waals surface area contributed by atoms with Crippen LogP contribution in [0.15, 0.2) is 4.99 Å². The van der Waals surface area contributed by atoms with Gasteiger partial charge in [-0.2, -0.15) is 0 Å². The number of nitrogens with one attached hydrogen (secondary N) is 1. The molecule has 16 heavy (non-hydrogen) atoms. The molecule has 92 valence electrons. The molecule has 0 spiro atoms. The molecular weight excluding hydrogens is 222 g/mol. The van der Waals surface area contributed by atoms with Gasteiger partial charge in [0.15, 0.2) is 5.17 Å². The van der Waals surface area contributed by atoms with E-state index in [1.54, 1.807) is 11.8 Å². The topological polar surface area (TPSA) is 67.5 Å². The number of nitrogens with two attached hydrogens (primary N) is 1. The summed E-state index contributed by atoms with van der Waals surface area (Å²) in [6, 6.07) is -0.322. The highest BCUT2D eigenvalue weighted by atomic mass is 32.2. The third-order valence-electron chi connectivity index (χ3n) is 2.67. The van der Waals surface area contributed by atoms with E-state index >= 15 is 0 Å². The van der Waals surface area contributed by atoms with Crippen molar-refractivity contribution in [2.75, 3.05) is 6.54 Å².